The summed E-state index contributed by atoms with van der Waals surface area (Å²) in [6.07, 6.45) is 1.52. The Kier molecular flexibility index (Phi) is 5.65. The Balaban J connectivity index is 2.64. The van der Waals surface area contributed by atoms with E-state index in [4.69, 9.17) is 0 Å². The maximum Gasteiger partial charge on any atom is 0.433 e. The molecule has 0 radical (unpaired) electrons. The number of unbranched alkanes of at least 4 members (excludes halogenated alkanes) is 1. The molecular weight excluding hydrogens is 313 g/mol. The topological polar surface area (TPSA) is 24.9 Å². The van der Waals surface area contributed by atoms with Gasteiger partial charge in [-0.3, -0.25) is 0 Å². The van der Waals surface area contributed by atoms with Crippen LogP contribution in [0.3, 0.4) is 0 Å². The minimum absolute atomic E-state index is 0.343. The fraction of sp³-hybridized carbons (Fsp3) is 0.316. The molecule has 128 valence electrons. The molecule has 1 aromatic carbocycles. The zero-order valence-electron chi connectivity index (χ0n) is 13.9. The predicted molar refractivity (Wildman–Crippen MR) is 92.3 cm³/mol. The van der Waals surface area contributed by atoms with Crippen molar-refractivity contribution >= 4 is 17.0 Å². The van der Waals surface area contributed by atoms with Crippen molar-refractivity contribution in [1.82, 2.24) is 10.3 Å². The van der Waals surface area contributed by atoms with E-state index in [1.54, 1.807) is 24.4 Å². The van der Waals surface area contributed by atoms with Gasteiger partial charge in [0.2, 0.25) is 0 Å². The Morgan fingerprint density at radius 1 is 1.29 bits per heavy atom. The van der Waals surface area contributed by atoms with E-state index < -0.39 is 11.9 Å². The first-order valence-corrected chi connectivity index (χ1v) is 7.91. The molecule has 0 bridgehead atoms. The van der Waals surface area contributed by atoms with Crippen molar-refractivity contribution in [3.8, 4) is 0 Å². The van der Waals surface area contributed by atoms with Gasteiger partial charge in [0, 0.05) is 11.1 Å². The summed E-state index contributed by atoms with van der Waals surface area (Å²) in [4.78, 5) is 3.77. The number of benzene rings is 1. The minimum atomic E-state index is -4.48. The van der Waals surface area contributed by atoms with Crippen molar-refractivity contribution < 1.29 is 13.2 Å². The van der Waals surface area contributed by atoms with Crippen molar-refractivity contribution in [2.45, 2.75) is 39.3 Å². The molecule has 0 aliphatic rings. The highest BCUT2D eigenvalue weighted by molar-refractivity contribution is 5.89. The van der Waals surface area contributed by atoms with Gasteiger partial charge in [-0.25, -0.2) is 4.98 Å². The van der Waals surface area contributed by atoms with Crippen LogP contribution in [-0.2, 0) is 6.18 Å². The second kappa shape index (κ2) is 7.51. The monoisotopic (exact) mass is 334 g/mol. The summed E-state index contributed by atoms with van der Waals surface area (Å²) >= 11 is 0. The fourth-order valence-electron chi connectivity index (χ4n) is 2.50. The van der Waals surface area contributed by atoms with Crippen LogP contribution in [0.2, 0.25) is 0 Å². The Labute approximate surface area is 140 Å². The number of nitrogens with one attached hydrogen (secondary N) is 1. The number of nitrogens with zero attached hydrogens (tertiary/aromatic N) is 1. The van der Waals surface area contributed by atoms with E-state index in [2.05, 4.69) is 23.8 Å². The maximum absolute atomic E-state index is 13.1. The summed E-state index contributed by atoms with van der Waals surface area (Å²) in [5.41, 5.74) is 1.80. The normalized spacial score (nSPS) is 12.5. The van der Waals surface area contributed by atoms with Gasteiger partial charge in [-0.15, -0.1) is 0 Å². The van der Waals surface area contributed by atoms with Crippen LogP contribution in [0.4, 0.5) is 13.2 Å². The summed E-state index contributed by atoms with van der Waals surface area (Å²) < 4.78 is 39.4. The average molecular weight is 334 g/mol. The molecule has 1 heterocycles. The minimum Gasteiger partial charge on any atom is -0.366 e. The van der Waals surface area contributed by atoms with Gasteiger partial charge >= 0.3 is 6.18 Å². The molecule has 2 nitrogen and oxygen atoms in total. The number of rotatable bonds is 6. The number of halogens is 3. The molecule has 24 heavy (non-hydrogen) atoms. The van der Waals surface area contributed by atoms with Crippen molar-refractivity contribution in [3.05, 3.63) is 59.6 Å². The molecule has 0 unspecified atom stereocenters. The highest BCUT2D eigenvalue weighted by Gasteiger charge is 2.33. The number of pyridine rings is 1. The lowest BCUT2D eigenvalue weighted by molar-refractivity contribution is -0.140. The standard InChI is InChI=1S/C19H21F3N2/c1-4-6-7-15(23-5-2)11-14-12-18(19(20,21)22)24-17-9-8-13(3)10-16(14)17/h5,8-12,23H,2,4,6-7H2,1,3H3/b15-11+. The molecule has 0 aliphatic carbocycles. The highest BCUT2D eigenvalue weighted by atomic mass is 19.4. The Morgan fingerprint density at radius 3 is 2.67 bits per heavy atom. The van der Waals surface area contributed by atoms with E-state index in [0.717, 1.165) is 36.6 Å². The van der Waals surface area contributed by atoms with Crippen LogP contribution >= 0.6 is 0 Å². The van der Waals surface area contributed by atoms with Crippen LogP contribution in [0.1, 0.15) is 43.0 Å². The second-order valence-electron chi connectivity index (χ2n) is 5.74. The van der Waals surface area contributed by atoms with Gasteiger partial charge in [0.05, 0.1) is 5.52 Å². The Hall–Kier alpha value is -2.30. The van der Waals surface area contributed by atoms with Gasteiger partial charge in [-0.05, 0) is 55.8 Å². The third-order valence-corrected chi connectivity index (χ3v) is 3.70. The summed E-state index contributed by atoms with van der Waals surface area (Å²) in [6.45, 7) is 7.61. The Morgan fingerprint density at radius 2 is 2.04 bits per heavy atom. The molecule has 1 N–H and O–H groups in total. The smallest absolute Gasteiger partial charge is 0.366 e. The third-order valence-electron chi connectivity index (χ3n) is 3.70. The first-order chi connectivity index (χ1) is 11.3. The van der Waals surface area contributed by atoms with Crippen LogP contribution < -0.4 is 5.32 Å². The quantitative estimate of drug-likeness (QED) is 0.719. The van der Waals surface area contributed by atoms with Gasteiger partial charge in [0.1, 0.15) is 5.69 Å². The summed E-state index contributed by atoms with van der Waals surface area (Å²) in [7, 11) is 0. The van der Waals surface area contributed by atoms with Crippen LogP contribution in [0.25, 0.3) is 17.0 Å². The maximum atomic E-state index is 13.1. The molecule has 0 amide bonds. The van der Waals surface area contributed by atoms with Gasteiger partial charge in [0.25, 0.3) is 0 Å². The molecule has 0 saturated carbocycles. The molecule has 1 aromatic heterocycles. The Bertz CT molecular complexity index is 761. The number of aryl methyl sites for hydroxylation is 1. The molecule has 0 saturated heterocycles. The molecule has 5 heteroatoms. The number of hydrogen-bond donors (Lipinski definition) is 1. The van der Waals surface area contributed by atoms with E-state index in [9.17, 15) is 13.2 Å². The molecule has 0 atom stereocenters. The lowest BCUT2D eigenvalue weighted by Crippen LogP contribution is -2.09. The van der Waals surface area contributed by atoms with Crippen LogP contribution in [-0.4, -0.2) is 4.98 Å². The number of allylic oxidation sites excluding steroid dienone is 1. The molecule has 2 rings (SSSR count). The van der Waals surface area contributed by atoms with E-state index in [0.29, 0.717) is 16.5 Å². The SMILES string of the molecule is C=CN/C(=C/c1cc(C(F)(F)F)nc2ccc(C)cc12)CCCC. The molecule has 0 aliphatic heterocycles. The first kappa shape index (κ1) is 18.0. The van der Waals surface area contributed by atoms with E-state index in [-0.39, 0.29) is 0 Å². The highest BCUT2D eigenvalue weighted by Crippen LogP contribution is 2.32. The summed E-state index contributed by atoms with van der Waals surface area (Å²) in [5, 5.41) is 3.74. The lowest BCUT2D eigenvalue weighted by atomic mass is 10.0. The number of aromatic nitrogens is 1. The molecular formula is C19H21F3N2. The largest absolute Gasteiger partial charge is 0.433 e. The molecule has 2 aromatic rings. The first-order valence-electron chi connectivity index (χ1n) is 7.91. The van der Waals surface area contributed by atoms with Crippen LogP contribution in [0, 0.1) is 6.92 Å². The summed E-state index contributed by atoms with van der Waals surface area (Å²) in [6, 6.07) is 6.37. The molecule has 0 fully saturated rings. The number of fused-ring (bicyclic) bond motifs is 1. The van der Waals surface area contributed by atoms with Gasteiger partial charge in [0.15, 0.2) is 0 Å². The molecule has 0 spiro atoms. The predicted octanol–water partition coefficient (Wildman–Crippen LogP) is 5.83. The van der Waals surface area contributed by atoms with Crippen LogP contribution in [0.5, 0.6) is 0 Å². The summed E-state index contributed by atoms with van der Waals surface area (Å²) in [5.74, 6) is 0. The third kappa shape index (κ3) is 4.37. The number of hydrogen-bond acceptors (Lipinski definition) is 2. The van der Waals surface area contributed by atoms with Crippen molar-refractivity contribution in [2.24, 2.45) is 0 Å². The second-order valence-corrected chi connectivity index (χ2v) is 5.74. The van der Waals surface area contributed by atoms with E-state index >= 15 is 0 Å². The van der Waals surface area contributed by atoms with E-state index in [1.165, 1.54) is 0 Å². The van der Waals surface area contributed by atoms with Gasteiger partial charge in [-0.1, -0.05) is 31.6 Å². The van der Waals surface area contributed by atoms with Crippen molar-refractivity contribution in [3.63, 3.8) is 0 Å². The lowest BCUT2D eigenvalue weighted by Gasteiger charge is -2.12. The van der Waals surface area contributed by atoms with Crippen LogP contribution in [0.15, 0.2) is 42.7 Å². The number of alkyl halides is 3. The van der Waals surface area contributed by atoms with Gasteiger partial charge < -0.3 is 5.32 Å². The van der Waals surface area contributed by atoms with Crippen molar-refractivity contribution in [2.75, 3.05) is 0 Å². The van der Waals surface area contributed by atoms with Crippen molar-refractivity contribution in [1.29, 1.82) is 0 Å². The zero-order chi connectivity index (χ0) is 17.7. The zero-order valence-corrected chi connectivity index (χ0v) is 13.9. The van der Waals surface area contributed by atoms with E-state index in [1.807, 2.05) is 13.0 Å². The average Bonchev–Trinajstić information content (AvgIpc) is 2.52. The van der Waals surface area contributed by atoms with Gasteiger partial charge in [-0.2, -0.15) is 13.2 Å². The fourth-order valence-corrected chi connectivity index (χ4v) is 2.50.